The highest BCUT2D eigenvalue weighted by atomic mass is 16.5. The minimum atomic E-state index is 0.0987. The standard InChI is InChI=1S/C21H27NO5/c1-23-16-7-6-13(11-17(16)24-2)10-15-19-14(8-9-22-15)12-18(25-3)20(26-4)21(19)27-5/h6-7,11-12,15,22H,8-10H2,1-5H3. The Bertz CT molecular complexity index is 806. The zero-order valence-corrected chi connectivity index (χ0v) is 16.5. The highest BCUT2D eigenvalue weighted by molar-refractivity contribution is 5.61. The quantitative estimate of drug-likeness (QED) is 0.805. The molecule has 0 aliphatic carbocycles. The van der Waals surface area contributed by atoms with Gasteiger partial charge in [0.1, 0.15) is 0 Å². The molecule has 1 heterocycles. The molecule has 1 aliphatic rings. The van der Waals surface area contributed by atoms with E-state index in [1.54, 1.807) is 35.5 Å². The van der Waals surface area contributed by atoms with Crippen molar-refractivity contribution in [2.45, 2.75) is 18.9 Å². The van der Waals surface area contributed by atoms with Gasteiger partial charge in [-0.3, -0.25) is 0 Å². The van der Waals surface area contributed by atoms with Gasteiger partial charge in [0.05, 0.1) is 35.5 Å². The van der Waals surface area contributed by atoms with Gasteiger partial charge >= 0.3 is 0 Å². The van der Waals surface area contributed by atoms with E-state index in [0.717, 1.165) is 47.8 Å². The molecule has 6 heteroatoms. The molecule has 3 rings (SSSR count). The molecule has 146 valence electrons. The van der Waals surface area contributed by atoms with E-state index in [0.29, 0.717) is 11.5 Å². The van der Waals surface area contributed by atoms with Gasteiger partial charge in [0.15, 0.2) is 23.0 Å². The van der Waals surface area contributed by atoms with E-state index in [1.807, 2.05) is 12.1 Å². The van der Waals surface area contributed by atoms with Crippen LogP contribution >= 0.6 is 0 Å². The van der Waals surface area contributed by atoms with Crippen LogP contribution in [-0.2, 0) is 12.8 Å². The molecule has 0 amide bonds. The molecule has 0 saturated carbocycles. The maximum atomic E-state index is 5.74. The Morgan fingerprint density at radius 1 is 0.815 bits per heavy atom. The number of hydrogen-bond donors (Lipinski definition) is 1. The van der Waals surface area contributed by atoms with Crippen molar-refractivity contribution < 1.29 is 23.7 Å². The number of fused-ring (bicyclic) bond motifs is 1. The summed E-state index contributed by atoms with van der Waals surface area (Å²) in [6.45, 7) is 0.892. The molecule has 0 spiro atoms. The zero-order chi connectivity index (χ0) is 19.4. The van der Waals surface area contributed by atoms with Gasteiger partial charge in [-0.15, -0.1) is 0 Å². The van der Waals surface area contributed by atoms with Crippen molar-refractivity contribution in [1.82, 2.24) is 5.32 Å². The number of benzene rings is 2. The van der Waals surface area contributed by atoms with Gasteiger partial charge in [-0.1, -0.05) is 6.07 Å². The molecule has 1 N–H and O–H groups in total. The Hall–Kier alpha value is -2.60. The molecule has 2 aromatic carbocycles. The SMILES string of the molecule is COc1ccc(CC2NCCc3cc(OC)c(OC)c(OC)c32)cc1OC. The normalized spacial score (nSPS) is 15.7. The minimum absolute atomic E-state index is 0.0987. The fourth-order valence-corrected chi connectivity index (χ4v) is 3.72. The highest BCUT2D eigenvalue weighted by Crippen LogP contribution is 2.46. The molecular formula is C21H27NO5. The van der Waals surface area contributed by atoms with E-state index in [1.165, 1.54) is 5.56 Å². The van der Waals surface area contributed by atoms with E-state index < -0.39 is 0 Å². The first-order chi connectivity index (χ1) is 13.2. The summed E-state index contributed by atoms with van der Waals surface area (Å²) >= 11 is 0. The fourth-order valence-electron chi connectivity index (χ4n) is 3.72. The molecule has 0 radical (unpaired) electrons. The van der Waals surface area contributed by atoms with Crippen LogP contribution < -0.4 is 29.0 Å². The predicted octanol–water partition coefficient (Wildman–Crippen LogP) is 3.16. The number of hydrogen-bond acceptors (Lipinski definition) is 6. The van der Waals surface area contributed by atoms with Crippen LogP contribution in [0.25, 0.3) is 0 Å². The lowest BCUT2D eigenvalue weighted by molar-refractivity contribution is 0.315. The highest BCUT2D eigenvalue weighted by Gasteiger charge is 2.29. The molecule has 6 nitrogen and oxygen atoms in total. The first-order valence-corrected chi connectivity index (χ1v) is 8.92. The second kappa shape index (κ2) is 8.39. The van der Waals surface area contributed by atoms with E-state index >= 15 is 0 Å². The van der Waals surface area contributed by atoms with Crippen LogP contribution in [0.15, 0.2) is 24.3 Å². The Labute approximate surface area is 160 Å². The van der Waals surface area contributed by atoms with Crippen LogP contribution in [0.2, 0.25) is 0 Å². The molecular weight excluding hydrogens is 346 g/mol. The molecule has 1 atom stereocenters. The van der Waals surface area contributed by atoms with Gasteiger partial charge in [-0.05, 0) is 48.7 Å². The molecule has 1 unspecified atom stereocenters. The van der Waals surface area contributed by atoms with Crippen molar-refractivity contribution in [3.05, 3.63) is 41.0 Å². The third-order valence-electron chi connectivity index (χ3n) is 4.98. The average Bonchev–Trinajstić information content (AvgIpc) is 2.72. The van der Waals surface area contributed by atoms with E-state index in [-0.39, 0.29) is 6.04 Å². The second-order valence-electron chi connectivity index (χ2n) is 6.37. The summed E-state index contributed by atoms with van der Waals surface area (Å²) in [7, 11) is 8.23. The van der Waals surface area contributed by atoms with Crippen LogP contribution in [0.1, 0.15) is 22.7 Å². The third-order valence-corrected chi connectivity index (χ3v) is 4.98. The Morgan fingerprint density at radius 2 is 1.52 bits per heavy atom. The molecule has 27 heavy (non-hydrogen) atoms. The van der Waals surface area contributed by atoms with Crippen molar-refractivity contribution in [2.75, 3.05) is 42.1 Å². The molecule has 2 aromatic rings. The number of ether oxygens (including phenoxy) is 5. The summed E-state index contributed by atoms with van der Waals surface area (Å²) in [4.78, 5) is 0. The first kappa shape index (κ1) is 19.2. The summed E-state index contributed by atoms with van der Waals surface area (Å²) in [5.41, 5.74) is 3.49. The van der Waals surface area contributed by atoms with Gasteiger partial charge in [0, 0.05) is 11.6 Å². The summed E-state index contributed by atoms with van der Waals surface area (Å²) in [6.07, 6.45) is 1.70. The zero-order valence-electron chi connectivity index (χ0n) is 16.5. The molecule has 1 aliphatic heterocycles. The Balaban J connectivity index is 2.01. The smallest absolute Gasteiger partial charge is 0.203 e. The van der Waals surface area contributed by atoms with E-state index in [9.17, 15) is 0 Å². The van der Waals surface area contributed by atoms with Crippen LogP contribution in [0.3, 0.4) is 0 Å². The number of rotatable bonds is 7. The monoisotopic (exact) mass is 373 g/mol. The molecule has 0 aromatic heterocycles. The minimum Gasteiger partial charge on any atom is -0.493 e. The van der Waals surface area contributed by atoms with E-state index in [4.69, 9.17) is 23.7 Å². The fraction of sp³-hybridized carbons (Fsp3) is 0.429. The number of methoxy groups -OCH3 is 5. The Morgan fingerprint density at radius 3 is 2.15 bits per heavy atom. The Kier molecular flexibility index (Phi) is 5.96. The lowest BCUT2D eigenvalue weighted by Gasteiger charge is -2.30. The van der Waals surface area contributed by atoms with Gasteiger partial charge in [0.2, 0.25) is 5.75 Å². The van der Waals surface area contributed by atoms with Crippen molar-refractivity contribution in [1.29, 1.82) is 0 Å². The largest absolute Gasteiger partial charge is 0.493 e. The van der Waals surface area contributed by atoms with Crippen molar-refractivity contribution in [2.24, 2.45) is 0 Å². The van der Waals surface area contributed by atoms with Crippen LogP contribution in [-0.4, -0.2) is 42.1 Å². The van der Waals surface area contributed by atoms with Crippen LogP contribution in [0.5, 0.6) is 28.7 Å². The molecule has 0 bridgehead atoms. The maximum Gasteiger partial charge on any atom is 0.203 e. The third kappa shape index (κ3) is 3.62. The molecule has 0 saturated heterocycles. The van der Waals surface area contributed by atoms with Gasteiger partial charge in [0.25, 0.3) is 0 Å². The summed E-state index contributed by atoms with van der Waals surface area (Å²) in [5, 5.41) is 3.60. The lowest BCUT2D eigenvalue weighted by Crippen LogP contribution is -2.32. The predicted molar refractivity (Wildman–Crippen MR) is 104 cm³/mol. The van der Waals surface area contributed by atoms with Crippen molar-refractivity contribution in [3.8, 4) is 28.7 Å². The summed E-state index contributed by atoms with van der Waals surface area (Å²) in [6, 6.07) is 8.16. The van der Waals surface area contributed by atoms with E-state index in [2.05, 4.69) is 17.4 Å². The van der Waals surface area contributed by atoms with Crippen LogP contribution in [0.4, 0.5) is 0 Å². The number of nitrogens with one attached hydrogen (secondary N) is 1. The second-order valence-corrected chi connectivity index (χ2v) is 6.37. The summed E-state index contributed by atoms with van der Waals surface area (Å²) < 4.78 is 27.6. The average molecular weight is 373 g/mol. The molecule has 0 fully saturated rings. The lowest BCUT2D eigenvalue weighted by atomic mass is 9.88. The van der Waals surface area contributed by atoms with Gasteiger partial charge < -0.3 is 29.0 Å². The summed E-state index contributed by atoms with van der Waals surface area (Å²) in [5.74, 6) is 3.50. The van der Waals surface area contributed by atoms with Crippen molar-refractivity contribution >= 4 is 0 Å². The maximum absolute atomic E-state index is 5.74. The van der Waals surface area contributed by atoms with Gasteiger partial charge in [-0.25, -0.2) is 0 Å². The van der Waals surface area contributed by atoms with Crippen molar-refractivity contribution in [3.63, 3.8) is 0 Å². The first-order valence-electron chi connectivity index (χ1n) is 8.92. The van der Waals surface area contributed by atoms with Gasteiger partial charge in [-0.2, -0.15) is 0 Å². The topological polar surface area (TPSA) is 58.2 Å². The van der Waals surface area contributed by atoms with Crippen LogP contribution in [0, 0.1) is 0 Å².